The Morgan fingerprint density at radius 1 is 1.32 bits per heavy atom. The zero-order chi connectivity index (χ0) is 15.7. The summed E-state index contributed by atoms with van der Waals surface area (Å²) in [5.41, 5.74) is 13.9. The third-order valence-electron chi connectivity index (χ3n) is 3.38. The summed E-state index contributed by atoms with van der Waals surface area (Å²) in [6.45, 7) is 0. The molecule has 0 saturated carbocycles. The fourth-order valence-electron chi connectivity index (χ4n) is 2.27. The standard InChI is InChI=1S/C15H13N5OS/c16-7-8-6-10-11(17)12(22-15(10)20-13(8)18)14(21)19-9-4-2-1-3-5-9/h1-6,12,15H,17H2,(H2,18,20)(H,19,21). The molecule has 0 aliphatic carbocycles. The maximum absolute atomic E-state index is 12.4. The second-order valence-electron chi connectivity index (χ2n) is 4.82. The van der Waals surface area contributed by atoms with Gasteiger partial charge in [-0.1, -0.05) is 18.2 Å². The largest absolute Gasteiger partial charge is 0.400 e. The highest BCUT2D eigenvalue weighted by Gasteiger charge is 2.38. The van der Waals surface area contributed by atoms with Gasteiger partial charge in [0, 0.05) is 17.0 Å². The van der Waals surface area contributed by atoms with Crippen LogP contribution in [-0.4, -0.2) is 22.4 Å². The van der Waals surface area contributed by atoms with Crippen molar-refractivity contribution < 1.29 is 4.79 Å². The van der Waals surface area contributed by atoms with E-state index in [1.54, 1.807) is 18.2 Å². The molecule has 0 radical (unpaired) electrons. The van der Waals surface area contributed by atoms with Crippen LogP contribution in [0.3, 0.4) is 0 Å². The number of thioether (sulfide) groups is 1. The Balaban J connectivity index is 1.84. The molecule has 2 atom stereocenters. The Labute approximate surface area is 131 Å². The van der Waals surface area contributed by atoms with Crippen LogP contribution in [0.1, 0.15) is 0 Å². The molecule has 1 aromatic rings. The molecular weight excluding hydrogens is 298 g/mol. The molecule has 0 saturated heterocycles. The van der Waals surface area contributed by atoms with Gasteiger partial charge in [-0.25, -0.2) is 4.99 Å². The molecule has 3 rings (SSSR count). The minimum absolute atomic E-state index is 0.181. The Kier molecular flexibility index (Phi) is 3.61. The van der Waals surface area contributed by atoms with E-state index in [1.165, 1.54) is 11.8 Å². The van der Waals surface area contributed by atoms with Crippen LogP contribution >= 0.6 is 11.8 Å². The monoisotopic (exact) mass is 311 g/mol. The zero-order valence-electron chi connectivity index (χ0n) is 11.5. The Morgan fingerprint density at radius 3 is 2.73 bits per heavy atom. The lowest BCUT2D eigenvalue weighted by Gasteiger charge is -2.14. The molecule has 22 heavy (non-hydrogen) atoms. The van der Waals surface area contributed by atoms with Crippen molar-refractivity contribution in [3.8, 4) is 6.07 Å². The van der Waals surface area contributed by atoms with Gasteiger partial charge >= 0.3 is 0 Å². The molecule has 1 aromatic carbocycles. The van der Waals surface area contributed by atoms with E-state index in [-0.39, 0.29) is 22.7 Å². The molecule has 2 unspecified atom stereocenters. The second kappa shape index (κ2) is 5.58. The molecule has 6 nitrogen and oxygen atoms in total. The third kappa shape index (κ3) is 2.44. The molecule has 0 spiro atoms. The summed E-state index contributed by atoms with van der Waals surface area (Å²) < 4.78 is 0. The molecule has 2 heterocycles. The Hall–Kier alpha value is -2.72. The van der Waals surface area contributed by atoms with Crippen molar-refractivity contribution in [3.05, 3.63) is 53.3 Å². The van der Waals surface area contributed by atoms with Gasteiger partial charge in [0.05, 0.1) is 5.57 Å². The number of nitriles is 1. The first-order valence-corrected chi connectivity index (χ1v) is 7.51. The summed E-state index contributed by atoms with van der Waals surface area (Å²) in [7, 11) is 0. The van der Waals surface area contributed by atoms with E-state index in [0.29, 0.717) is 17.0 Å². The molecule has 2 aliphatic rings. The molecule has 2 aliphatic heterocycles. The van der Waals surface area contributed by atoms with E-state index >= 15 is 0 Å². The van der Waals surface area contributed by atoms with E-state index in [0.717, 1.165) is 0 Å². The summed E-state index contributed by atoms with van der Waals surface area (Å²) in [5.74, 6) is -0.0306. The van der Waals surface area contributed by atoms with E-state index in [1.807, 2.05) is 24.3 Å². The maximum atomic E-state index is 12.4. The number of nitrogens with zero attached hydrogens (tertiary/aromatic N) is 2. The van der Waals surface area contributed by atoms with E-state index in [2.05, 4.69) is 10.3 Å². The summed E-state index contributed by atoms with van der Waals surface area (Å²) in [6.07, 6.45) is 1.62. The number of fused-ring (bicyclic) bond motifs is 1. The van der Waals surface area contributed by atoms with Gasteiger partial charge in [0.2, 0.25) is 5.91 Å². The Morgan fingerprint density at radius 2 is 2.05 bits per heavy atom. The number of anilines is 1. The lowest BCUT2D eigenvalue weighted by molar-refractivity contribution is -0.115. The Bertz CT molecular complexity index is 760. The molecular formula is C15H13N5OS. The number of carbonyl (C=O) groups excluding carboxylic acids is 1. The normalized spacial score (nSPS) is 23.2. The van der Waals surface area contributed by atoms with Crippen molar-refractivity contribution in [3.63, 3.8) is 0 Å². The molecule has 110 valence electrons. The number of hydrogen-bond acceptors (Lipinski definition) is 6. The minimum Gasteiger partial charge on any atom is -0.400 e. The van der Waals surface area contributed by atoms with Gasteiger partial charge in [-0.3, -0.25) is 4.79 Å². The molecule has 1 amide bonds. The van der Waals surface area contributed by atoms with Gasteiger partial charge in [0.25, 0.3) is 0 Å². The van der Waals surface area contributed by atoms with Crippen LogP contribution in [-0.2, 0) is 4.79 Å². The molecule has 7 heteroatoms. The lowest BCUT2D eigenvalue weighted by Crippen LogP contribution is -2.28. The first kappa shape index (κ1) is 14.2. The van der Waals surface area contributed by atoms with Crippen LogP contribution in [0.2, 0.25) is 0 Å². The molecule has 0 aromatic heterocycles. The topological polar surface area (TPSA) is 117 Å². The van der Waals surface area contributed by atoms with Crippen molar-refractivity contribution >= 4 is 29.2 Å². The van der Waals surface area contributed by atoms with Crippen molar-refractivity contribution in [2.75, 3.05) is 5.32 Å². The van der Waals surface area contributed by atoms with Crippen LogP contribution in [0.15, 0.2) is 58.2 Å². The number of benzene rings is 1. The van der Waals surface area contributed by atoms with Gasteiger partial charge in [-0.05, 0) is 18.2 Å². The summed E-state index contributed by atoms with van der Waals surface area (Å²) in [4.78, 5) is 16.6. The highest BCUT2D eigenvalue weighted by molar-refractivity contribution is 8.01. The SMILES string of the molecule is N#CC1=CC2=C(N)C(C(=O)Nc3ccccc3)SC2N=C1N. The summed E-state index contributed by atoms with van der Waals surface area (Å²) in [6, 6.07) is 11.1. The van der Waals surface area contributed by atoms with Crippen molar-refractivity contribution in [1.82, 2.24) is 0 Å². The van der Waals surface area contributed by atoms with Crippen LogP contribution in [0, 0.1) is 11.3 Å². The van der Waals surface area contributed by atoms with E-state index in [4.69, 9.17) is 16.7 Å². The van der Waals surface area contributed by atoms with Gasteiger partial charge in [-0.2, -0.15) is 5.26 Å². The molecule has 0 bridgehead atoms. The van der Waals surface area contributed by atoms with Crippen LogP contribution < -0.4 is 16.8 Å². The number of rotatable bonds is 2. The number of aliphatic imine (C=N–C) groups is 1. The van der Waals surface area contributed by atoms with Crippen molar-refractivity contribution in [1.29, 1.82) is 5.26 Å². The van der Waals surface area contributed by atoms with Gasteiger partial charge in [0.1, 0.15) is 22.5 Å². The number of hydrogen-bond donors (Lipinski definition) is 3. The van der Waals surface area contributed by atoms with Gasteiger partial charge < -0.3 is 16.8 Å². The number of para-hydroxylation sites is 1. The first-order valence-electron chi connectivity index (χ1n) is 6.56. The smallest absolute Gasteiger partial charge is 0.243 e. The number of carbonyl (C=O) groups is 1. The van der Waals surface area contributed by atoms with E-state index < -0.39 is 5.25 Å². The highest BCUT2D eigenvalue weighted by atomic mass is 32.2. The predicted molar refractivity (Wildman–Crippen MR) is 86.8 cm³/mol. The zero-order valence-corrected chi connectivity index (χ0v) is 12.3. The average molecular weight is 311 g/mol. The first-order chi connectivity index (χ1) is 10.6. The maximum Gasteiger partial charge on any atom is 0.243 e. The van der Waals surface area contributed by atoms with Crippen molar-refractivity contribution in [2.45, 2.75) is 10.6 Å². The quantitative estimate of drug-likeness (QED) is 0.756. The van der Waals surface area contributed by atoms with Crippen LogP contribution in [0.4, 0.5) is 5.69 Å². The number of amidine groups is 1. The highest BCUT2D eigenvalue weighted by Crippen LogP contribution is 2.40. The van der Waals surface area contributed by atoms with Gasteiger partial charge in [0.15, 0.2) is 0 Å². The number of dihydropyridines is 1. The minimum atomic E-state index is -0.550. The second-order valence-corrected chi connectivity index (χ2v) is 6.01. The fraction of sp³-hybridized carbons (Fsp3) is 0.133. The van der Waals surface area contributed by atoms with Gasteiger partial charge in [-0.15, -0.1) is 11.8 Å². The molecule has 0 fully saturated rings. The fourth-order valence-corrected chi connectivity index (χ4v) is 3.52. The average Bonchev–Trinajstić information content (AvgIpc) is 2.83. The van der Waals surface area contributed by atoms with Crippen molar-refractivity contribution in [2.24, 2.45) is 16.5 Å². The molecule has 5 N–H and O–H groups in total. The number of nitrogens with two attached hydrogens (primary N) is 2. The summed E-state index contributed by atoms with van der Waals surface area (Å²) in [5, 5.41) is 11.0. The summed E-state index contributed by atoms with van der Waals surface area (Å²) >= 11 is 1.31. The predicted octanol–water partition coefficient (Wildman–Crippen LogP) is 1.10. The number of amides is 1. The number of nitrogens with one attached hydrogen (secondary N) is 1. The van der Waals surface area contributed by atoms with Crippen LogP contribution in [0.5, 0.6) is 0 Å². The lowest BCUT2D eigenvalue weighted by atomic mass is 10.0. The van der Waals surface area contributed by atoms with E-state index in [9.17, 15) is 4.79 Å². The van der Waals surface area contributed by atoms with Crippen LogP contribution in [0.25, 0.3) is 0 Å². The third-order valence-corrected chi connectivity index (χ3v) is 4.74.